The van der Waals surface area contributed by atoms with Crippen LogP contribution in [-0.4, -0.2) is 27.1 Å². The van der Waals surface area contributed by atoms with E-state index in [4.69, 9.17) is 0 Å². The van der Waals surface area contributed by atoms with Gasteiger partial charge in [-0.25, -0.2) is 8.42 Å². The number of hydrogen-bond acceptors (Lipinski definition) is 3. The minimum absolute atomic E-state index is 0.247. The summed E-state index contributed by atoms with van der Waals surface area (Å²) in [6.07, 6.45) is 9.16. The highest BCUT2D eigenvalue weighted by Crippen LogP contribution is 2.60. The highest BCUT2D eigenvalue weighted by molar-refractivity contribution is 7.92. The number of nitrogens with one attached hydrogen (secondary N) is 1. The SMILES string of the molecule is Cc1cccc(NC(=O)CN(c2ccc(C34CC5CC(CC(C5)C3)C4)cc2)S(C)(=O)=O)c1. The molecule has 6 rings (SSSR count). The zero-order valence-corrected chi connectivity index (χ0v) is 19.7. The minimum atomic E-state index is -3.60. The second kappa shape index (κ2) is 7.91. The molecule has 4 aliphatic carbocycles. The third-order valence-corrected chi connectivity index (χ3v) is 8.94. The third kappa shape index (κ3) is 4.17. The summed E-state index contributed by atoms with van der Waals surface area (Å²) in [4.78, 5) is 12.6. The number of nitrogens with zero attached hydrogens (tertiary/aromatic N) is 1. The quantitative estimate of drug-likeness (QED) is 0.680. The van der Waals surface area contributed by atoms with Gasteiger partial charge in [0.2, 0.25) is 15.9 Å². The molecule has 170 valence electrons. The predicted molar refractivity (Wildman–Crippen MR) is 128 cm³/mol. The van der Waals surface area contributed by atoms with Crippen LogP contribution in [0.5, 0.6) is 0 Å². The van der Waals surface area contributed by atoms with Gasteiger partial charge in [0.05, 0.1) is 11.9 Å². The van der Waals surface area contributed by atoms with E-state index in [0.29, 0.717) is 11.4 Å². The van der Waals surface area contributed by atoms with Gasteiger partial charge in [-0.05, 0) is 104 Å². The van der Waals surface area contributed by atoms with Crippen molar-refractivity contribution in [2.75, 3.05) is 22.4 Å². The first kappa shape index (κ1) is 21.5. The van der Waals surface area contributed by atoms with E-state index >= 15 is 0 Å². The molecule has 0 aromatic heterocycles. The lowest BCUT2D eigenvalue weighted by Crippen LogP contribution is -2.48. The van der Waals surface area contributed by atoms with Gasteiger partial charge in [0, 0.05) is 5.69 Å². The molecule has 1 amide bonds. The van der Waals surface area contributed by atoms with Crippen LogP contribution in [0, 0.1) is 24.7 Å². The second-order valence-electron chi connectivity index (χ2n) is 10.4. The van der Waals surface area contributed by atoms with E-state index in [2.05, 4.69) is 17.4 Å². The molecule has 4 fully saturated rings. The summed E-state index contributed by atoms with van der Waals surface area (Å²) in [7, 11) is -3.60. The second-order valence-corrected chi connectivity index (χ2v) is 12.3. The van der Waals surface area contributed by atoms with Crippen molar-refractivity contribution in [1.29, 1.82) is 0 Å². The Morgan fingerprint density at radius 2 is 1.59 bits per heavy atom. The van der Waals surface area contributed by atoms with Crippen molar-refractivity contribution in [1.82, 2.24) is 0 Å². The Hall–Kier alpha value is -2.34. The highest BCUT2D eigenvalue weighted by atomic mass is 32.2. The molecule has 0 heterocycles. The summed E-state index contributed by atoms with van der Waals surface area (Å²) in [6, 6.07) is 15.5. The smallest absolute Gasteiger partial charge is 0.245 e. The van der Waals surface area contributed by atoms with E-state index < -0.39 is 10.0 Å². The maximum atomic E-state index is 12.6. The fourth-order valence-corrected chi connectivity index (χ4v) is 7.76. The van der Waals surface area contributed by atoms with Gasteiger partial charge in [0.1, 0.15) is 6.54 Å². The Bertz CT molecular complexity index is 1090. The molecule has 0 atom stereocenters. The molecule has 1 N–H and O–H groups in total. The van der Waals surface area contributed by atoms with Crippen molar-refractivity contribution >= 4 is 27.3 Å². The number of carbonyl (C=O) groups is 1. The molecule has 2 aromatic rings. The van der Waals surface area contributed by atoms with E-state index in [0.717, 1.165) is 29.6 Å². The standard InChI is InChI=1S/C26H32N2O3S/c1-18-4-3-5-23(10-18)27-25(29)17-28(32(2,30)31)24-8-6-22(7-9-24)26-14-19-11-20(15-26)13-21(12-19)16-26/h3-10,19-21H,11-17H2,1-2H3,(H,27,29). The molecule has 0 saturated heterocycles. The van der Waals surface area contributed by atoms with Gasteiger partial charge in [-0.15, -0.1) is 0 Å². The van der Waals surface area contributed by atoms with Crippen LogP contribution in [0.15, 0.2) is 48.5 Å². The van der Waals surface area contributed by atoms with Crippen molar-refractivity contribution in [2.24, 2.45) is 17.8 Å². The Morgan fingerprint density at radius 3 is 2.12 bits per heavy atom. The predicted octanol–water partition coefficient (Wildman–Crippen LogP) is 4.87. The molecule has 4 aliphatic rings. The normalized spacial score (nSPS) is 28.5. The maximum absolute atomic E-state index is 12.6. The average molecular weight is 453 g/mol. The topological polar surface area (TPSA) is 66.5 Å². The number of aryl methyl sites for hydroxylation is 1. The molecule has 0 aliphatic heterocycles. The summed E-state index contributed by atoms with van der Waals surface area (Å²) in [6.45, 7) is 1.70. The lowest BCUT2D eigenvalue weighted by atomic mass is 9.48. The number of anilines is 2. The summed E-state index contributed by atoms with van der Waals surface area (Å²) in [5, 5.41) is 2.81. The van der Waals surface area contributed by atoms with Gasteiger partial charge in [-0.1, -0.05) is 24.3 Å². The van der Waals surface area contributed by atoms with Gasteiger partial charge >= 0.3 is 0 Å². The Kier molecular flexibility index (Phi) is 5.31. The van der Waals surface area contributed by atoms with Crippen LogP contribution in [0.2, 0.25) is 0 Å². The summed E-state index contributed by atoms with van der Waals surface area (Å²) in [5.74, 6) is 2.22. The van der Waals surface area contributed by atoms with Crippen molar-refractivity contribution in [3.63, 3.8) is 0 Å². The summed E-state index contributed by atoms with van der Waals surface area (Å²) < 4.78 is 26.2. The zero-order valence-electron chi connectivity index (χ0n) is 18.9. The average Bonchev–Trinajstić information content (AvgIpc) is 2.70. The maximum Gasteiger partial charge on any atom is 0.245 e. The molecular weight excluding hydrogens is 420 g/mol. The van der Waals surface area contributed by atoms with Crippen molar-refractivity contribution in [3.8, 4) is 0 Å². The Balaban J connectivity index is 1.35. The highest BCUT2D eigenvalue weighted by Gasteiger charge is 2.51. The summed E-state index contributed by atoms with van der Waals surface area (Å²) >= 11 is 0. The van der Waals surface area contributed by atoms with Crippen LogP contribution in [0.25, 0.3) is 0 Å². The number of hydrogen-bond donors (Lipinski definition) is 1. The number of sulfonamides is 1. The van der Waals surface area contributed by atoms with Crippen LogP contribution in [0.4, 0.5) is 11.4 Å². The number of carbonyl (C=O) groups excluding carboxylic acids is 1. The first-order valence-electron chi connectivity index (χ1n) is 11.6. The number of amides is 1. The molecule has 6 heteroatoms. The van der Waals surface area contributed by atoms with Crippen molar-refractivity contribution in [2.45, 2.75) is 50.9 Å². The van der Waals surface area contributed by atoms with Crippen molar-refractivity contribution in [3.05, 3.63) is 59.7 Å². The Labute approximate surface area is 191 Å². The molecule has 0 unspecified atom stereocenters. The van der Waals surface area contributed by atoms with Crippen molar-refractivity contribution < 1.29 is 13.2 Å². The molecule has 5 nitrogen and oxygen atoms in total. The fourth-order valence-electron chi connectivity index (χ4n) is 6.90. The molecule has 4 saturated carbocycles. The van der Waals surface area contributed by atoms with Crippen LogP contribution < -0.4 is 9.62 Å². The van der Waals surface area contributed by atoms with Gasteiger partial charge in [0.25, 0.3) is 0 Å². The number of rotatable bonds is 6. The molecule has 0 spiro atoms. The van der Waals surface area contributed by atoms with Crippen LogP contribution in [0.1, 0.15) is 49.7 Å². The summed E-state index contributed by atoms with van der Waals surface area (Å²) in [5.41, 5.74) is 3.85. The zero-order chi connectivity index (χ0) is 22.5. The number of benzene rings is 2. The first-order chi connectivity index (χ1) is 15.2. The van der Waals surface area contributed by atoms with Crippen LogP contribution >= 0.6 is 0 Å². The third-order valence-electron chi connectivity index (χ3n) is 7.80. The van der Waals surface area contributed by atoms with Gasteiger partial charge in [-0.3, -0.25) is 9.10 Å². The van der Waals surface area contributed by atoms with E-state index in [1.165, 1.54) is 48.4 Å². The molecule has 2 aromatic carbocycles. The van der Waals surface area contributed by atoms with Gasteiger partial charge in [-0.2, -0.15) is 0 Å². The monoisotopic (exact) mass is 452 g/mol. The van der Waals surface area contributed by atoms with Gasteiger partial charge < -0.3 is 5.32 Å². The first-order valence-corrected chi connectivity index (χ1v) is 13.5. The van der Waals surface area contributed by atoms with E-state index in [-0.39, 0.29) is 17.9 Å². The largest absolute Gasteiger partial charge is 0.325 e. The molecule has 0 radical (unpaired) electrons. The van der Waals surface area contributed by atoms with Crippen LogP contribution in [0.3, 0.4) is 0 Å². The fraction of sp³-hybridized carbons (Fsp3) is 0.500. The van der Waals surface area contributed by atoms with Gasteiger partial charge in [0.15, 0.2) is 0 Å². The molecule has 32 heavy (non-hydrogen) atoms. The van der Waals surface area contributed by atoms with E-state index in [9.17, 15) is 13.2 Å². The van der Waals surface area contributed by atoms with E-state index in [1.54, 1.807) is 6.07 Å². The van der Waals surface area contributed by atoms with E-state index in [1.807, 2.05) is 37.3 Å². The Morgan fingerprint density at radius 1 is 1.00 bits per heavy atom. The minimum Gasteiger partial charge on any atom is -0.325 e. The molecular formula is C26H32N2O3S. The molecule has 4 bridgehead atoms. The lowest BCUT2D eigenvalue weighted by molar-refractivity contribution is -0.114. The van der Waals surface area contributed by atoms with Crippen LogP contribution in [-0.2, 0) is 20.2 Å². The lowest BCUT2D eigenvalue weighted by Gasteiger charge is -2.57.